The predicted octanol–water partition coefficient (Wildman–Crippen LogP) is 2.38. The van der Waals surface area contributed by atoms with Crippen LogP contribution in [0.5, 0.6) is 5.88 Å². The van der Waals surface area contributed by atoms with Gasteiger partial charge in [-0.05, 0) is 25.1 Å². The second-order valence-corrected chi connectivity index (χ2v) is 5.85. The molecule has 1 aromatic heterocycles. The SMILES string of the molecule is CCn1c(O)c(C2=c3ccc(Cl)cc3=NC2=O)c2ccccc21. The normalized spacial score (nSPS) is 13.5. The lowest BCUT2D eigenvalue weighted by Crippen LogP contribution is -2.22. The number of fused-ring (bicyclic) bond motifs is 2. The molecule has 0 saturated heterocycles. The van der Waals surface area contributed by atoms with Gasteiger partial charge in [0.2, 0.25) is 0 Å². The molecule has 3 aromatic rings. The fraction of sp³-hybridized carbons (Fsp3) is 0.111. The van der Waals surface area contributed by atoms with Crippen LogP contribution in [-0.4, -0.2) is 15.6 Å². The van der Waals surface area contributed by atoms with Crippen LogP contribution >= 0.6 is 11.6 Å². The quantitative estimate of drug-likeness (QED) is 0.787. The molecule has 0 fully saturated rings. The molecule has 0 atom stereocenters. The molecule has 23 heavy (non-hydrogen) atoms. The summed E-state index contributed by atoms with van der Waals surface area (Å²) in [6, 6.07) is 12.8. The van der Waals surface area contributed by atoms with Gasteiger partial charge in [0.1, 0.15) is 0 Å². The van der Waals surface area contributed by atoms with Crippen molar-refractivity contribution in [3.63, 3.8) is 0 Å². The van der Waals surface area contributed by atoms with Crippen LogP contribution in [0.1, 0.15) is 12.5 Å². The van der Waals surface area contributed by atoms with Gasteiger partial charge in [0, 0.05) is 22.2 Å². The van der Waals surface area contributed by atoms with E-state index in [-0.39, 0.29) is 11.8 Å². The Hall–Kier alpha value is -2.59. The van der Waals surface area contributed by atoms with Crippen LogP contribution < -0.4 is 10.6 Å². The molecule has 0 spiro atoms. The van der Waals surface area contributed by atoms with E-state index in [2.05, 4.69) is 4.99 Å². The molecule has 1 N–H and O–H groups in total. The third-order valence-corrected chi connectivity index (χ3v) is 4.41. The summed E-state index contributed by atoms with van der Waals surface area (Å²) in [6.07, 6.45) is 0. The number of rotatable bonds is 2. The molecular formula is C18H13ClN2O2. The predicted molar refractivity (Wildman–Crippen MR) is 89.0 cm³/mol. The average molecular weight is 325 g/mol. The van der Waals surface area contributed by atoms with E-state index in [0.717, 1.165) is 10.9 Å². The van der Waals surface area contributed by atoms with Crippen molar-refractivity contribution in [3.8, 4) is 5.88 Å². The van der Waals surface area contributed by atoms with Crippen molar-refractivity contribution in [2.45, 2.75) is 13.5 Å². The van der Waals surface area contributed by atoms with Crippen molar-refractivity contribution in [2.75, 3.05) is 0 Å². The summed E-state index contributed by atoms with van der Waals surface area (Å²) in [7, 11) is 0. The molecule has 0 unspecified atom stereocenters. The Bertz CT molecular complexity index is 1100. The van der Waals surface area contributed by atoms with Crippen molar-refractivity contribution in [1.82, 2.24) is 4.57 Å². The number of benzene rings is 2. The number of nitrogens with zero attached hydrogens (tertiary/aromatic N) is 2. The number of carbonyl (C=O) groups excluding carboxylic acids is 1. The lowest BCUT2D eigenvalue weighted by Gasteiger charge is -2.03. The first-order valence-electron chi connectivity index (χ1n) is 7.35. The van der Waals surface area contributed by atoms with Crippen molar-refractivity contribution in [2.24, 2.45) is 4.99 Å². The number of aromatic hydroxyl groups is 1. The molecule has 0 aliphatic carbocycles. The molecule has 2 aromatic carbocycles. The summed E-state index contributed by atoms with van der Waals surface area (Å²) < 4.78 is 1.79. The Kier molecular flexibility index (Phi) is 3.03. The summed E-state index contributed by atoms with van der Waals surface area (Å²) in [5.74, 6) is -0.258. The zero-order valence-electron chi connectivity index (χ0n) is 12.4. The largest absolute Gasteiger partial charge is 0.494 e. The van der Waals surface area contributed by atoms with Gasteiger partial charge < -0.3 is 9.67 Å². The number of halogens is 1. The summed E-state index contributed by atoms with van der Waals surface area (Å²) >= 11 is 5.98. The van der Waals surface area contributed by atoms with Gasteiger partial charge in [-0.3, -0.25) is 4.79 Å². The minimum Gasteiger partial charge on any atom is -0.494 e. The highest BCUT2D eigenvalue weighted by molar-refractivity contribution is 6.30. The van der Waals surface area contributed by atoms with Crippen LogP contribution in [0.25, 0.3) is 16.5 Å². The number of hydrogen-bond acceptors (Lipinski definition) is 2. The number of carbonyl (C=O) groups is 1. The van der Waals surface area contributed by atoms with E-state index in [0.29, 0.717) is 33.3 Å². The number of aromatic nitrogens is 1. The second kappa shape index (κ2) is 4.96. The fourth-order valence-electron chi connectivity index (χ4n) is 3.19. The third-order valence-electron chi connectivity index (χ3n) is 4.17. The Labute approximate surface area is 137 Å². The van der Waals surface area contributed by atoms with Gasteiger partial charge in [-0.1, -0.05) is 35.9 Å². The zero-order chi connectivity index (χ0) is 16.1. The van der Waals surface area contributed by atoms with Crippen LogP contribution in [0.4, 0.5) is 0 Å². The smallest absolute Gasteiger partial charge is 0.279 e. The minimum atomic E-state index is -0.350. The Morgan fingerprint density at radius 2 is 2.00 bits per heavy atom. The lowest BCUT2D eigenvalue weighted by atomic mass is 10.0. The summed E-state index contributed by atoms with van der Waals surface area (Å²) in [6.45, 7) is 2.56. The van der Waals surface area contributed by atoms with Crippen LogP contribution in [0.15, 0.2) is 47.5 Å². The van der Waals surface area contributed by atoms with E-state index in [1.165, 1.54) is 0 Å². The number of hydrogen-bond donors (Lipinski definition) is 1. The molecule has 2 heterocycles. The average Bonchev–Trinajstić information content (AvgIpc) is 2.99. The molecular weight excluding hydrogens is 312 g/mol. The van der Waals surface area contributed by atoms with Crippen molar-refractivity contribution in [1.29, 1.82) is 0 Å². The molecule has 0 bridgehead atoms. The summed E-state index contributed by atoms with van der Waals surface area (Å²) in [4.78, 5) is 16.5. The first kappa shape index (κ1) is 14.0. The van der Waals surface area contributed by atoms with Crippen LogP contribution in [0.2, 0.25) is 5.02 Å². The van der Waals surface area contributed by atoms with Crippen molar-refractivity contribution in [3.05, 3.63) is 63.6 Å². The summed E-state index contributed by atoms with van der Waals surface area (Å²) in [5.41, 5.74) is 1.86. The Morgan fingerprint density at radius 3 is 2.78 bits per heavy atom. The zero-order valence-corrected chi connectivity index (χ0v) is 13.1. The molecule has 1 amide bonds. The molecule has 5 heteroatoms. The number of amides is 1. The molecule has 114 valence electrons. The van der Waals surface area contributed by atoms with Gasteiger partial charge in [0.15, 0.2) is 5.88 Å². The van der Waals surface area contributed by atoms with Crippen LogP contribution in [-0.2, 0) is 11.3 Å². The van der Waals surface area contributed by atoms with E-state index in [9.17, 15) is 9.90 Å². The molecule has 1 aliphatic rings. The van der Waals surface area contributed by atoms with E-state index >= 15 is 0 Å². The second-order valence-electron chi connectivity index (χ2n) is 5.41. The fourth-order valence-corrected chi connectivity index (χ4v) is 3.35. The third kappa shape index (κ3) is 1.92. The maximum absolute atomic E-state index is 12.5. The van der Waals surface area contributed by atoms with Crippen LogP contribution in [0, 0.1) is 0 Å². The molecule has 1 aliphatic heterocycles. The highest BCUT2D eigenvalue weighted by atomic mass is 35.5. The van der Waals surface area contributed by atoms with Crippen molar-refractivity contribution < 1.29 is 9.90 Å². The van der Waals surface area contributed by atoms with Gasteiger partial charge in [-0.2, -0.15) is 0 Å². The van der Waals surface area contributed by atoms with Crippen LogP contribution in [0.3, 0.4) is 0 Å². The lowest BCUT2D eigenvalue weighted by molar-refractivity contribution is -0.112. The molecule has 4 nitrogen and oxygen atoms in total. The Morgan fingerprint density at radius 1 is 1.22 bits per heavy atom. The first-order chi connectivity index (χ1) is 11.1. The summed E-state index contributed by atoms with van der Waals surface area (Å²) in [5, 5.41) is 13.3. The number of aryl methyl sites for hydroxylation is 1. The minimum absolute atomic E-state index is 0.0926. The maximum atomic E-state index is 12.5. The molecule has 0 radical (unpaired) electrons. The number of para-hydroxylation sites is 1. The van der Waals surface area contributed by atoms with E-state index in [4.69, 9.17) is 11.6 Å². The van der Waals surface area contributed by atoms with Gasteiger partial charge in [-0.15, -0.1) is 0 Å². The van der Waals surface area contributed by atoms with Gasteiger partial charge in [0.25, 0.3) is 5.91 Å². The monoisotopic (exact) mass is 324 g/mol. The standard InChI is InChI=1S/C18H13ClN2O2/c1-2-21-14-6-4-3-5-12(14)16(18(21)23)15-11-8-7-10(19)9-13(11)20-17(15)22/h3-9,23H,2H2,1H3. The van der Waals surface area contributed by atoms with Gasteiger partial charge >= 0.3 is 0 Å². The molecule has 0 saturated carbocycles. The topological polar surface area (TPSA) is 54.6 Å². The van der Waals surface area contributed by atoms with E-state index in [1.54, 1.807) is 22.8 Å². The maximum Gasteiger partial charge on any atom is 0.279 e. The van der Waals surface area contributed by atoms with E-state index < -0.39 is 0 Å². The Balaban J connectivity index is 2.18. The highest BCUT2D eigenvalue weighted by Gasteiger charge is 2.26. The van der Waals surface area contributed by atoms with Crippen molar-refractivity contribution >= 4 is 34.0 Å². The molecule has 4 rings (SSSR count). The van der Waals surface area contributed by atoms with Gasteiger partial charge in [-0.25, -0.2) is 4.99 Å². The highest BCUT2D eigenvalue weighted by Crippen LogP contribution is 2.36. The van der Waals surface area contributed by atoms with E-state index in [1.807, 2.05) is 31.2 Å². The van der Waals surface area contributed by atoms with Gasteiger partial charge in [0.05, 0.1) is 22.0 Å². The first-order valence-corrected chi connectivity index (χ1v) is 7.73.